The second-order valence-corrected chi connectivity index (χ2v) is 4.30. The highest BCUT2D eigenvalue weighted by atomic mass is 15.0. The molecule has 13 heavy (non-hydrogen) atoms. The molecule has 1 aliphatic rings. The minimum atomic E-state index is -0.193. The highest BCUT2D eigenvalue weighted by Gasteiger charge is 2.34. The quantitative estimate of drug-likeness (QED) is 0.690. The lowest BCUT2D eigenvalue weighted by atomic mass is 9.76. The smallest absolute Gasteiger partial charge is 0.126 e. The number of aromatic nitrogens is 2. The topological polar surface area (TPSA) is 54.7 Å². The summed E-state index contributed by atoms with van der Waals surface area (Å²) in [5.41, 5.74) is 6.13. The maximum absolute atomic E-state index is 6.32. The Kier molecular flexibility index (Phi) is 2.12. The van der Waals surface area contributed by atoms with Gasteiger partial charge in [0.2, 0.25) is 0 Å². The number of nitrogens with zero attached hydrogens (tertiary/aromatic N) is 1. The molecular formula is C10H17N3. The van der Waals surface area contributed by atoms with Gasteiger partial charge in [0.05, 0.1) is 5.54 Å². The molecule has 0 radical (unpaired) electrons. The average Bonchev–Trinajstić information content (AvgIpc) is 2.55. The summed E-state index contributed by atoms with van der Waals surface area (Å²) in [6.07, 6.45) is 8.27. The van der Waals surface area contributed by atoms with Crippen LogP contribution in [0.1, 0.15) is 38.4 Å². The van der Waals surface area contributed by atoms with Gasteiger partial charge in [-0.05, 0) is 18.8 Å². The lowest BCUT2D eigenvalue weighted by Crippen LogP contribution is -2.41. The molecule has 3 nitrogen and oxygen atoms in total. The van der Waals surface area contributed by atoms with Crippen molar-refractivity contribution in [2.75, 3.05) is 0 Å². The first-order valence-corrected chi connectivity index (χ1v) is 4.99. The maximum atomic E-state index is 6.32. The Balaban J connectivity index is 2.20. The Morgan fingerprint density at radius 1 is 1.69 bits per heavy atom. The van der Waals surface area contributed by atoms with E-state index < -0.39 is 0 Å². The summed E-state index contributed by atoms with van der Waals surface area (Å²) in [6.45, 7) is 2.27. The van der Waals surface area contributed by atoms with Crippen LogP contribution < -0.4 is 5.73 Å². The summed E-state index contributed by atoms with van der Waals surface area (Å²) in [6, 6.07) is 0. The number of hydrogen-bond acceptors (Lipinski definition) is 2. The lowest BCUT2D eigenvalue weighted by molar-refractivity contribution is 0.229. The predicted octanol–water partition coefficient (Wildman–Crippen LogP) is 1.77. The van der Waals surface area contributed by atoms with Gasteiger partial charge in [0.15, 0.2) is 0 Å². The van der Waals surface area contributed by atoms with Crippen LogP contribution in [0.5, 0.6) is 0 Å². The number of nitrogens with two attached hydrogens (primary N) is 1. The third-order valence-corrected chi connectivity index (χ3v) is 3.00. The number of rotatable bonds is 1. The Bertz CT molecular complexity index is 268. The molecule has 1 aromatic heterocycles. The van der Waals surface area contributed by atoms with Gasteiger partial charge in [-0.25, -0.2) is 4.98 Å². The molecule has 2 rings (SSSR count). The first-order valence-electron chi connectivity index (χ1n) is 4.99. The molecule has 1 saturated carbocycles. The largest absolute Gasteiger partial charge is 0.347 e. The van der Waals surface area contributed by atoms with Crippen LogP contribution in [0.25, 0.3) is 0 Å². The standard InChI is InChI=1S/C10H17N3/c1-8-3-2-4-10(11,7-8)9-12-5-6-13-9/h5-6,8H,2-4,7,11H2,1H3,(H,12,13)/t8-,10+/m1/s1. The lowest BCUT2D eigenvalue weighted by Gasteiger charge is -2.35. The highest BCUT2D eigenvalue weighted by molar-refractivity contribution is 5.07. The van der Waals surface area contributed by atoms with Crippen molar-refractivity contribution in [1.82, 2.24) is 9.97 Å². The molecule has 0 spiro atoms. The molecule has 3 N–H and O–H groups in total. The van der Waals surface area contributed by atoms with Gasteiger partial charge in [-0.2, -0.15) is 0 Å². The molecule has 1 fully saturated rings. The van der Waals surface area contributed by atoms with Crippen LogP contribution in [-0.4, -0.2) is 9.97 Å². The monoisotopic (exact) mass is 179 g/mol. The van der Waals surface area contributed by atoms with Crippen LogP contribution in [-0.2, 0) is 5.54 Å². The van der Waals surface area contributed by atoms with Gasteiger partial charge >= 0.3 is 0 Å². The molecular weight excluding hydrogens is 162 g/mol. The van der Waals surface area contributed by atoms with Gasteiger partial charge in [0, 0.05) is 12.4 Å². The van der Waals surface area contributed by atoms with E-state index in [1.807, 2.05) is 6.20 Å². The first kappa shape index (κ1) is 8.75. The van der Waals surface area contributed by atoms with E-state index in [4.69, 9.17) is 5.73 Å². The van der Waals surface area contributed by atoms with Gasteiger partial charge in [-0.1, -0.05) is 19.8 Å². The van der Waals surface area contributed by atoms with E-state index >= 15 is 0 Å². The van der Waals surface area contributed by atoms with Crippen molar-refractivity contribution in [3.63, 3.8) is 0 Å². The number of nitrogens with one attached hydrogen (secondary N) is 1. The van der Waals surface area contributed by atoms with Gasteiger partial charge in [0.25, 0.3) is 0 Å². The number of imidazole rings is 1. The van der Waals surface area contributed by atoms with Crippen LogP contribution in [0.3, 0.4) is 0 Å². The van der Waals surface area contributed by atoms with E-state index in [2.05, 4.69) is 16.9 Å². The van der Waals surface area contributed by atoms with Gasteiger partial charge < -0.3 is 10.7 Å². The summed E-state index contributed by atoms with van der Waals surface area (Å²) in [5.74, 6) is 1.68. The summed E-state index contributed by atoms with van der Waals surface area (Å²) >= 11 is 0. The van der Waals surface area contributed by atoms with E-state index in [1.54, 1.807) is 6.20 Å². The molecule has 0 saturated heterocycles. The fourth-order valence-electron chi connectivity index (χ4n) is 2.34. The maximum Gasteiger partial charge on any atom is 0.126 e. The SMILES string of the molecule is C[C@@H]1CCC[C@@](N)(c2ncc[nH]2)C1. The van der Waals surface area contributed by atoms with Crippen LogP contribution >= 0.6 is 0 Å². The van der Waals surface area contributed by atoms with Gasteiger partial charge in [0.1, 0.15) is 5.82 Å². The molecule has 1 aromatic rings. The molecule has 0 aliphatic heterocycles. The molecule has 0 aromatic carbocycles. The predicted molar refractivity (Wildman–Crippen MR) is 52.1 cm³/mol. The van der Waals surface area contributed by atoms with E-state index in [0.717, 1.165) is 24.6 Å². The molecule has 1 aliphatic carbocycles. The van der Waals surface area contributed by atoms with Crippen molar-refractivity contribution in [3.8, 4) is 0 Å². The molecule has 2 atom stereocenters. The van der Waals surface area contributed by atoms with Crippen LogP contribution in [0.4, 0.5) is 0 Å². The summed E-state index contributed by atoms with van der Waals surface area (Å²) in [5, 5.41) is 0. The fourth-order valence-corrected chi connectivity index (χ4v) is 2.34. The zero-order chi connectivity index (χ0) is 9.31. The van der Waals surface area contributed by atoms with E-state index in [-0.39, 0.29) is 5.54 Å². The van der Waals surface area contributed by atoms with Gasteiger partial charge in [-0.15, -0.1) is 0 Å². The van der Waals surface area contributed by atoms with Crippen LogP contribution in [0.15, 0.2) is 12.4 Å². The molecule has 1 heterocycles. The second-order valence-electron chi connectivity index (χ2n) is 4.30. The third-order valence-electron chi connectivity index (χ3n) is 3.00. The Morgan fingerprint density at radius 2 is 2.54 bits per heavy atom. The van der Waals surface area contributed by atoms with Crippen molar-refractivity contribution >= 4 is 0 Å². The van der Waals surface area contributed by atoms with Crippen LogP contribution in [0, 0.1) is 5.92 Å². The Labute approximate surface area is 78.7 Å². The zero-order valence-electron chi connectivity index (χ0n) is 8.09. The van der Waals surface area contributed by atoms with E-state index in [0.29, 0.717) is 0 Å². The Morgan fingerprint density at radius 3 is 3.15 bits per heavy atom. The van der Waals surface area contributed by atoms with Crippen molar-refractivity contribution in [1.29, 1.82) is 0 Å². The zero-order valence-corrected chi connectivity index (χ0v) is 8.09. The number of hydrogen-bond donors (Lipinski definition) is 2. The van der Waals surface area contributed by atoms with E-state index in [1.165, 1.54) is 12.8 Å². The van der Waals surface area contributed by atoms with Crippen molar-refractivity contribution < 1.29 is 0 Å². The fraction of sp³-hybridized carbons (Fsp3) is 0.700. The van der Waals surface area contributed by atoms with E-state index in [9.17, 15) is 0 Å². The molecule has 3 heteroatoms. The molecule has 0 unspecified atom stereocenters. The third kappa shape index (κ3) is 1.61. The molecule has 72 valence electrons. The first-order chi connectivity index (χ1) is 6.21. The van der Waals surface area contributed by atoms with Gasteiger partial charge in [-0.3, -0.25) is 0 Å². The highest BCUT2D eigenvalue weighted by Crippen LogP contribution is 2.35. The van der Waals surface area contributed by atoms with Crippen LogP contribution in [0.2, 0.25) is 0 Å². The molecule has 0 amide bonds. The minimum Gasteiger partial charge on any atom is -0.347 e. The summed E-state index contributed by atoms with van der Waals surface area (Å²) in [7, 11) is 0. The average molecular weight is 179 g/mol. The van der Waals surface area contributed by atoms with Crippen molar-refractivity contribution in [2.45, 2.75) is 38.1 Å². The number of aromatic amines is 1. The summed E-state index contributed by atoms with van der Waals surface area (Å²) < 4.78 is 0. The van der Waals surface area contributed by atoms with Crippen molar-refractivity contribution in [2.24, 2.45) is 11.7 Å². The van der Waals surface area contributed by atoms with Crippen molar-refractivity contribution in [3.05, 3.63) is 18.2 Å². The minimum absolute atomic E-state index is 0.193. The second kappa shape index (κ2) is 3.14. The number of H-pyrrole nitrogens is 1. The summed E-state index contributed by atoms with van der Waals surface area (Å²) in [4.78, 5) is 7.40. The normalized spacial score (nSPS) is 34.8. The Hall–Kier alpha value is -0.830. The molecule has 0 bridgehead atoms.